The van der Waals surface area contributed by atoms with E-state index in [9.17, 15) is 0 Å². The first kappa shape index (κ1) is 17.5. The molecule has 8 nitrogen and oxygen atoms in total. The van der Waals surface area contributed by atoms with Crippen LogP contribution in [0.5, 0.6) is 0 Å². The molecular weight excluding hydrogens is 318 g/mol. The average Bonchev–Trinajstić information content (AvgIpc) is 3.00. The summed E-state index contributed by atoms with van der Waals surface area (Å²) in [5.41, 5.74) is 6.81. The molecule has 1 saturated heterocycles. The number of nitrogens with two attached hydrogens (primary N) is 1. The summed E-state index contributed by atoms with van der Waals surface area (Å²) in [5.74, 6) is 2.92. The third kappa shape index (κ3) is 4.82. The molecule has 1 aliphatic heterocycles. The molecule has 0 atom stereocenters. The minimum absolute atomic E-state index is 0.316. The van der Waals surface area contributed by atoms with E-state index in [-0.39, 0.29) is 0 Å². The van der Waals surface area contributed by atoms with Crippen molar-refractivity contribution in [3.63, 3.8) is 0 Å². The van der Waals surface area contributed by atoms with Gasteiger partial charge in [0.05, 0.1) is 12.2 Å². The second kappa shape index (κ2) is 8.15. The Morgan fingerprint density at radius 2 is 2.00 bits per heavy atom. The van der Waals surface area contributed by atoms with Gasteiger partial charge in [0.2, 0.25) is 5.95 Å². The zero-order valence-corrected chi connectivity index (χ0v) is 15.0. The van der Waals surface area contributed by atoms with Crippen molar-refractivity contribution < 1.29 is 4.52 Å². The zero-order chi connectivity index (χ0) is 17.6. The van der Waals surface area contributed by atoms with Gasteiger partial charge in [-0.1, -0.05) is 18.5 Å². The third-order valence-electron chi connectivity index (χ3n) is 4.32. The van der Waals surface area contributed by atoms with E-state index in [1.807, 2.05) is 19.1 Å². The largest absolute Gasteiger partial charge is 0.370 e. The molecule has 0 bridgehead atoms. The Bertz CT molecular complexity index is 679. The maximum atomic E-state index is 5.88. The van der Waals surface area contributed by atoms with Gasteiger partial charge in [-0.05, 0) is 13.3 Å². The van der Waals surface area contributed by atoms with Crippen LogP contribution in [-0.2, 0) is 6.54 Å². The predicted molar refractivity (Wildman–Crippen MR) is 98.6 cm³/mol. The minimum Gasteiger partial charge on any atom is -0.370 e. The highest BCUT2D eigenvalue weighted by atomic mass is 16.5. The first-order valence-electron chi connectivity index (χ1n) is 8.92. The van der Waals surface area contributed by atoms with Gasteiger partial charge >= 0.3 is 0 Å². The summed E-state index contributed by atoms with van der Waals surface area (Å²) < 4.78 is 5.31. The van der Waals surface area contributed by atoms with Gasteiger partial charge in [-0.25, -0.2) is 0 Å². The Kier molecular flexibility index (Phi) is 5.70. The lowest BCUT2D eigenvalue weighted by Crippen LogP contribution is -2.46. The number of nitrogens with one attached hydrogen (secondary N) is 1. The van der Waals surface area contributed by atoms with Crippen molar-refractivity contribution in [3.05, 3.63) is 23.6 Å². The first-order valence-corrected chi connectivity index (χ1v) is 8.92. The molecule has 2 aromatic heterocycles. The molecule has 0 amide bonds. The summed E-state index contributed by atoms with van der Waals surface area (Å²) in [7, 11) is 0. The van der Waals surface area contributed by atoms with Crippen LogP contribution in [0.3, 0.4) is 0 Å². The standard InChI is InChI=1S/C17H27N7O/c1-3-4-5-19-15-11-16(21-17(18)20-15)24-8-6-23(7-9-24)12-14-10-13(2)22-25-14/h10-11H,3-9,12H2,1-2H3,(H3,18,19,20,21). The maximum absolute atomic E-state index is 5.88. The van der Waals surface area contributed by atoms with Crippen molar-refractivity contribution >= 4 is 17.6 Å². The van der Waals surface area contributed by atoms with E-state index >= 15 is 0 Å². The van der Waals surface area contributed by atoms with Crippen LogP contribution in [0.1, 0.15) is 31.2 Å². The van der Waals surface area contributed by atoms with Gasteiger partial charge in [0.25, 0.3) is 0 Å². The van der Waals surface area contributed by atoms with E-state index in [4.69, 9.17) is 10.3 Å². The van der Waals surface area contributed by atoms with Crippen molar-refractivity contribution in [3.8, 4) is 0 Å². The van der Waals surface area contributed by atoms with Crippen molar-refractivity contribution in [1.29, 1.82) is 0 Å². The minimum atomic E-state index is 0.316. The van der Waals surface area contributed by atoms with Crippen molar-refractivity contribution in [2.45, 2.75) is 33.2 Å². The Morgan fingerprint density at radius 1 is 1.20 bits per heavy atom. The topological polar surface area (TPSA) is 96.3 Å². The van der Waals surface area contributed by atoms with Crippen molar-refractivity contribution in [1.82, 2.24) is 20.0 Å². The monoisotopic (exact) mass is 345 g/mol. The SMILES string of the molecule is CCCCNc1cc(N2CCN(Cc3cc(C)no3)CC2)nc(N)n1. The molecule has 0 spiro atoms. The molecule has 0 aromatic carbocycles. The van der Waals surface area contributed by atoms with Crippen LogP contribution in [0.2, 0.25) is 0 Å². The molecule has 8 heteroatoms. The van der Waals surface area contributed by atoms with E-state index in [2.05, 4.69) is 37.2 Å². The van der Waals surface area contributed by atoms with E-state index in [0.717, 1.165) is 75.2 Å². The Balaban J connectivity index is 1.56. The highest BCUT2D eigenvalue weighted by Crippen LogP contribution is 2.19. The second-order valence-electron chi connectivity index (χ2n) is 6.45. The molecule has 1 aliphatic rings. The molecular formula is C17H27N7O. The number of piperazine rings is 1. The number of unbranched alkanes of at least 4 members (excludes halogenated alkanes) is 1. The van der Waals surface area contributed by atoms with E-state index in [1.165, 1.54) is 0 Å². The number of rotatable bonds is 7. The highest BCUT2D eigenvalue weighted by Gasteiger charge is 2.20. The van der Waals surface area contributed by atoms with E-state index in [1.54, 1.807) is 0 Å². The number of aryl methyl sites for hydroxylation is 1. The van der Waals surface area contributed by atoms with Gasteiger partial charge in [-0.3, -0.25) is 4.90 Å². The lowest BCUT2D eigenvalue weighted by atomic mass is 10.3. The van der Waals surface area contributed by atoms with Crippen LogP contribution in [0.15, 0.2) is 16.7 Å². The maximum Gasteiger partial charge on any atom is 0.223 e. The van der Waals surface area contributed by atoms with Gasteiger partial charge in [-0.2, -0.15) is 9.97 Å². The molecule has 25 heavy (non-hydrogen) atoms. The molecule has 1 fully saturated rings. The van der Waals surface area contributed by atoms with Crippen molar-refractivity contribution in [2.75, 3.05) is 48.7 Å². The Morgan fingerprint density at radius 3 is 2.68 bits per heavy atom. The fourth-order valence-corrected chi connectivity index (χ4v) is 2.94. The quantitative estimate of drug-likeness (QED) is 0.735. The number of aromatic nitrogens is 3. The third-order valence-corrected chi connectivity index (χ3v) is 4.32. The summed E-state index contributed by atoms with van der Waals surface area (Å²) in [5, 5.41) is 7.27. The number of hydrogen-bond acceptors (Lipinski definition) is 8. The highest BCUT2D eigenvalue weighted by molar-refractivity contribution is 5.52. The molecule has 136 valence electrons. The molecule has 0 radical (unpaired) electrons. The smallest absolute Gasteiger partial charge is 0.223 e. The lowest BCUT2D eigenvalue weighted by molar-refractivity contribution is 0.219. The van der Waals surface area contributed by atoms with Crippen LogP contribution in [0.25, 0.3) is 0 Å². The van der Waals surface area contributed by atoms with Crippen LogP contribution in [0.4, 0.5) is 17.6 Å². The first-order chi connectivity index (χ1) is 12.1. The van der Waals surface area contributed by atoms with Gasteiger partial charge in [-0.15, -0.1) is 0 Å². The second-order valence-corrected chi connectivity index (χ2v) is 6.45. The lowest BCUT2D eigenvalue weighted by Gasteiger charge is -2.35. The van der Waals surface area contributed by atoms with Crippen LogP contribution in [-0.4, -0.2) is 52.7 Å². The molecule has 0 saturated carbocycles. The van der Waals surface area contributed by atoms with E-state index in [0.29, 0.717) is 5.95 Å². The summed E-state index contributed by atoms with van der Waals surface area (Å²) >= 11 is 0. The summed E-state index contributed by atoms with van der Waals surface area (Å²) in [6.07, 6.45) is 2.26. The Labute approximate surface area is 148 Å². The molecule has 2 aromatic rings. The molecule has 3 heterocycles. The summed E-state index contributed by atoms with van der Waals surface area (Å²) in [6.45, 7) is 9.50. The zero-order valence-electron chi connectivity index (χ0n) is 15.0. The summed E-state index contributed by atoms with van der Waals surface area (Å²) in [4.78, 5) is 13.3. The Hall–Kier alpha value is -2.35. The normalized spacial score (nSPS) is 15.5. The molecule has 0 aliphatic carbocycles. The number of nitrogens with zero attached hydrogens (tertiary/aromatic N) is 5. The predicted octanol–water partition coefficient (Wildman–Crippen LogP) is 1.89. The molecule has 3 N–H and O–H groups in total. The van der Waals surface area contributed by atoms with E-state index < -0.39 is 0 Å². The van der Waals surface area contributed by atoms with Gasteiger partial charge in [0.1, 0.15) is 11.6 Å². The fraction of sp³-hybridized carbons (Fsp3) is 0.588. The van der Waals surface area contributed by atoms with Gasteiger partial charge in [0, 0.05) is 44.9 Å². The van der Waals surface area contributed by atoms with Crippen LogP contribution < -0.4 is 16.0 Å². The van der Waals surface area contributed by atoms with Crippen LogP contribution >= 0.6 is 0 Å². The van der Waals surface area contributed by atoms with Gasteiger partial charge in [0.15, 0.2) is 5.76 Å². The van der Waals surface area contributed by atoms with Gasteiger partial charge < -0.3 is 20.5 Å². The van der Waals surface area contributed by atoms with Crippen molar-refractivity contribution in [2.24, 2.45) is 0 Å². The number of anilines is 3. The number of hydrogen-bond donors (Lipinski definition) is 2. The molecule has 0 unspecified atom stereocenters. The van der Waals surface area contributed by atoms with Crippen LogP contribution in [0, 0.1) is 6.92 Å². The fourth-order valence-electron chi connectivity index (χ4n) is 2.94. The average molecular weight is 345 g/mol. The summed E-state index contributed by atoms with van der Waals surface area (Å²) in [6, 6.07) is 3.98. The number of nitrogen functional groups attached to an aromatic ring is 1. The molecule has 3 rings (SSSR count).